The number of amides is 1. The second kappa shape index (κ2) is 7.87. The average Bonchev–Trinajstić information content (AvgIpc) is 3.00. The Labute approximate surface area is 119 Å². The van der Waals surface area contributed by atoms with Gasteiger partial charge in [0.1, 0.15) is 12.4 Å². The second-order valence-electron chi connectivity index (χ2n) is 4.86. The highest BCUT2D eigenvalue weighted by molar-refractivity contribution is 5.81. The fraction of sp³-hybridized carbons (Fsp3) is 0.533. The highest BCUT2D eigenvalue weighted by atomic mass is 16.5. The van der Waals surface area contributed by atoms with Crippen LogP contribution in [0.4, 0.5) is 0 Å². The van der Waals surface area contributed by atoms with E-state index in [9.17, 15) is 4.79 Å². The minimum absolute atomic E-state index is 0.0314. The molecule has 110 valence electrons. The molecule has 1 saturated heterocycles. The summed E-state index contributed by atoms with van der Waals surface area (Å²) in [7, 11) is 1.65. The van der Waals surface area contributed by atoms with E-state index in [1.54, 1.807) is 7.11 Å². The SMILES string of the molecule is COCCOc1cccc(CNC(=O)C2CCCN2)c1. The van der Waals surface area contributed by atoms with E-state index in [0.29, 0.717) is 19.8 Å². The van der Waals surface area contributed by atoms with Gasteiger partial charge in [-0.1, -0.05) is 12.1 Å². The van der Waals surface area contributed by atoms with Crippen molar-refractivity contribution < 1.29 is 14.3 Å². The molecule has 1 fully saturated rings. The van der Waals surface area contributed by atoms with Crippen molar-refractivity contribution in [3.8, 4) is 5.75 Å². The molecule has 0 saturated carbocycles. The van der Waals surface area contributed by atoms with Gasteiger partial charge in [-0.3, -0.25) is 4.79 Å². The monoisotopic (exact) mass is 278 g/mol. The lowest BCUT2D eigenvalue weighted by Gasteiger charge is -2.12. The van der Waals surface area contributed by atoms with E-state index in [4.69, 9.17) is 9.47 Å². The molecule has 5 heteroatoms. The van der Waals surface area contributed by atoms with E-state index >= 15 is 0 Å². The summed E-state index contributed by atoms with van der Waals surface area (Å²) in [4.78, 5) is 11.9. The van der Waals surface area contributed by atoms with Crippen LogP contribution in [0.25, 0.3) is 0 Å². The van der Waals surface area contributed by atoms with Crippen LogP contribution in [0.3, 0.4) is 0 Å². The van der Waals surface area contributed by atoms with Gasteiger partial charge in [0.25, 0.3) is 0 Å². The zero-order valence-electron chi connectivity index (χ0n) is 11.9. The van der Waals surface area contributed by atoms with Gasteiger partial charge in [-0.15, -0.1) is 0 Å². The molecule has 0 bridgehead atoms. The van der Waals surface area contributed by atoms with E-state index < -0.39 is 0 Å². The molecule has 2 N–H and O–H groups in total. The minimum atomic E-state index is -0.0314. The van der Waals surface area contributed by atoms with E-state index in [1.165, 1.54) is 0 Å². The molecular formula is C15H22N2O3. The van der Waals surface area contributed by atoms with Crippen molar-refractivity contribution in [3.63, 3.8) is 0 Å². The maximum absolute atomic E-state index is 11.9. The molecule has 5 nitrogen and oxygen atoms in total. The van der Waals surface area contributed by atoms with Crippen LogP contribution < -0.4 is 15.4 Å². The van der Waals surface area contributed by atoms with Gasteiger partial charge in [0.2, 0.25) is 5.91 Å². The average molecular weight is 278 g/mol. The number of carbonyl (C=O) groups excluding carboxylic acids is 1. The van der Waals surface area contributed by atoms with Gasteiger partial charge in [-0.05, 0) is 37.1 Å². The number of nitrogens with one attached hydrogen (secondary N) is 2. The molecule has 1 aliphatic rings. The number of benzene rings is 1. The molecule has 1 amide bonds. The highest BCUT2D eigenvalue weighted by Gasteiger charge is 2.21. The van der Waals surface area contributed by atoms with E-state index in [2.05, 4.69) is 10.6 Å². The fourth-order valence-electron chi connectivity index (χ4n) is 2.21. The Hall–Kier alpha value is -1.59. The number of hydrogen-bond acceptors (Lipinski definition) is 4. The molecule has 0 aliphatic carbocycles. The molecular weight excluding hydrogens is 256 g/mol. The highest BCUT2D eigenvalue weighted by Crippen LogP contribution is 2.13. The standard InChI is InChI=1S/C15H22N2O3/c1-19-8-9-20-13-5-2-4-12(10-13)11-17-15(18)14-6-3-7-16-14/h2,4-5,10,14,16H,3,6-9,11H2,1H3,(H,17,18). The quantitative estimate of drug-likeness (QED) is 0.733. The number of methoxy groups -OCH3 is 1. The summed E-state index contributed by atoms with van der Waals surface area (Å²) in [6, 6.07) is 7.72. The van der Waals surface area contributed by atoms with Crippen LogP contribution in [-0.2, 0) is 16.1 Å². The number of hydrogen-bond donors (Lipinski definition) is 2. The molecule has 1 unspecified atom stereocenters. The van der Waals surface area contributed by atoms with E-state index in [-0.39, 0.29) is 11.9 Å². The van der Waals surface area contributed by atoms with Crippen molar-refractivity contribution in [1.29, 1.82) is 0 Å². The van der Waals surface area contributed by atoms with Crippen LogP contribution in [0.2, 0.25) is 0 Å². The first-order chi connectivity index (χ1) is 9.79. The Balaban J connectivity index is 1.79. The zero-order valence-corrected chi connectivity index (χ0v) is 11.9. The summed E-state index contributed by atoms with van der Waals surface area (Å²) >= 11 is 0. The van der Waals surface area contributed by atoms with Gasteiger partial charge in [-0.25, -0.2) is 0 Å². The molecule has 1 aromatic carbocycles. The first-order valence-corrected chi connectivity index (χ1v) is 7.01. The van der Waals surface area contributed by atoms with Gasteiger partial charge < -0.3 is 20.1 Å². The largest absolute Gasteiger partial charge is 0.491 e. The number of rotatable bonds is 7. The minimum Gasteiger partial charge on any atom is -0.491 e. The Morgan fingerprint density at radius 3 is 3.10 bits per heavy atom. The summed E-state index contributed by atoms with van der Waals surface area (Å²) < 4.78 is 10.5. The molecule has 1 aliphatic heterocycles. The van der Waals surface area contributed by atoms with Crippen LogP contribution >= 0.6 is 0 Å². The normalized spacial score (nSPS) is 17.9. The predicted octanol–water partition coefficient (Wildman–Crippen LogP) is 1.08. The lowest BCUT2D eigenvalue weighted by molar-refractivity contribution is -0.122. The van der Waals surface area contributed by atoms with Crippen molar-refractivity contribution in [1.82, 2.24) is 10.6 Å². The Bertz CT molecular complexity index is 431. The topological polar surface area (TPSA) is 59.6 Å². The third-order valence-corrected chi connectivity index (χ3v) is 3.30. The zero-order chi connectivity index (χ0) is 14.2. The molecule has 2 rings (SSSR count). The third kappa shape index (κ3) is 4.51. The third-order valence-electron chi connectivity index (χ3n) is 3.30. The smallest absolute Gasteiger partial charge is 0.237 e. The first-order valence-electron chi connectivity index (χ1n) is 7.01. The summed E-state index contributed by atoms with van der Waals surface area (Å²) in [6.07, 6.45) is 1.99. The Morgan fingerprint density at radius 2 is 2.35 bits per heavy atom. The number of ether oxygens (including phenoxy) is 2. The van der Waals surface area contributed by atoms with Crippen LogP contribution in [0, 0.1) is 0 Å². The first kappa shape index (κ1) is 14.8. The van der Waals surface area contributed by atoms with Gasteiger partial charge in [0.15, 0.2) is 0 Å². The van der Waals surface area contributed by atoms with Gasteiger partial charge >= 0.3 is 0 Å². The van der Waals surface area contributed by atoms with E-state index in [1.807, 2.05) is 24.3 Å². The van der Waals surface area contributed by atoms with Crippen molar-refractivity contribution in [2.45, 2.75) is 25.4 Å². The maximum atomic E-state index is 11.9. The second-order valence-corrected chi connectivity index (χ2v) is 4.86. The van der Waals surface area contributed by atoms with Crippen molar-refractivity contribution in [3.05, 3.63) is 29.8 Å². The van der Waals surface area contributed by atoms with Crippen LogP contribution in [0.15, 0.2) is 24.3 Å². The van der Waals surface area contributed by atoms with Gasteiger partial charge in [0.05, 0.1) is 12.6 Å². The summed E-state index contributed by atoms with van der Waals surface area (Å²) in [5, 5.41) is 6.14. The van der Waals surface area contributed by atoms with Crippen molar-refractivity contribution >= 4 is 5.91 Å². The van der Waals surface area contributed by atoms with Crippen molar-refractivity contribution in [2.24, 2.45) is 0 Å². The van der Waals surface area contributed by atoms with Crippen LogP contribution in [-0.4, -0.2) is 38.8 Å². The predicted molar refractivity (Wildman–Crippen MR) is 76.7 cm³/mol. The molecule has 0 aromatic heterocycles. The molecule has 1 heterocycles. The summed E-state index contributed by atoms with van der Waals surface area (Å²) in [5.74, 6) is 0.876. The lowest BCUT2D eigenvalue weighted by atomic mass is 10.2. The Kier molecular flexibility index (Phi) is 5.83. The number of carbonyl (C=O) groups is 1. The molecule has 0 radical (unpaired) electrons. The fourth-order valence-corrected chi connectivity index (χ4v) is 2.21. The molecule has 1 aromatic rings. The van der Waals surface area contributed by atoms with Gasteiger partial charge in [0, 0.05) is 13.7 Å². The Morgan fingerprint density at radius 1 is 1.45 bits per heavy atom. The maximum Gasteiger partial charge on any atom is 0.237 e. The molecule has 20 heavy (non-hydrogen) atoms. The van der Waals surface area contributed by atoms with Crippen LogP contribution in [0.5, 0.6) is 5.75 Å². The lowest BCUT2D eigenvalue weighted by Crippen LogP contribution is -2.39. The van der Waals surface area contributed by atoms with E-state index in [0.717, 1.165) is 30.7 Å². The summed E-state index contributed by atoms with van der Waals surface area (Å²) in [5.41, 5.74) is 1.03. The van der Waals surface area contributed by atoms with Gasteiger partial charge in [-0.2, -0.15) is 0 Å². The van der Waals surface area contributed by atoms with Crippen molar-refractivity contribution in [2.75, 3.05) is 26.9 Å². The molecule has 0 spiro atoms. The summed E-state index contributed by atoms with van der Waals surface area (Å²) in [6.45, 7) is 2.55. The molecule has 1 atom stereocenters. The van der Waals surface area contributed by atoms with Crippen LogP contribution in [0.1, 0.15) is 18.4 Å².